The molecule has 2 aromatic carbocycles. The van der Waals surface area contributed by atoms with Crippen molar-refractivity contribution in [2.45, 2.75) is 6.04 Å². The molecule has 2 heterocycles. The summed E-state index contributed by atoms with van der Waals surface area (Å²) in [4.78, 5) is 4.49. The molecule has 1 atom stereocenters. The first kappa shape index (κ1) is 14.9. The van der Waals surface area contributed by atoms with E-state index in [1.54, 1.807) is 0 Å². The van der Waals surface area contributed by atoms with E-state index in [4.69, 9.17) is 11.6 Å². The zero-order chi connectivity index (χ0) is 16.5. The summed E-state index contributed by atoms with van der Waals surface area (Å²) < 4.78 is 4.24. The van der Waals surface area contributed by atoms with Gasteiger partial charge in [0.05, 0.1) is 12.6 Å². The number of fused-ring (bicyclic) bond motifs is 1. The molecule has 0 aliphatic carbocycles. The van der Waals surface area contributed by atoms with Gasteiger partial charge in [-0.1, -0.05) is 41.9 Å². The lowest BCUT2D eigenvalue weighted by Crippen LogP contribution is -2.24. The molecule has 4 aromatic rings. The minimum absolute atomic E-state index is 0.0396. The van der Waals surface area contributed by atoms with E-state index in [0.717, 1.165) is 21.5 Å². The fourth-order valence-electron chi connectivity index (χ4n) is 3.17. The maximum Gasteiger partial charge on any atom is 0.244 e. The summed E-state index contributed by atoms with van der Waals surface area (Å²) >= 11 is 6.26. The van der Waals surface area contributed by atoms with Gasteiger partial charge in [-0.3, -0.25) is 4.98 Å². The third-order valence-electron chi connectivity index (χ3n) is 4.23. The number of hydrogen-bond acceptors (Lipinski definition) is 1. The van der Waals surface area contributed by atoms with E-state index in [9.17, 15) is 0 Å². The van der Waals surface area contributed by atoms with Crippen LogP contribution >= 0.6 is 11.6 Å². The highest BCUT2D eigenvalue weighted by molar-refractivity contribution is 6.30. The SMILES string of the molecule is C[n+]1ccn(C(c2cccc(Cl)c2)c2ccnc3ccccc23)c1. The predicted molar refractivity (Wildman–Crippen MR) is 96.0 cm³/mol. The van der Waals surface area contributed by atoms with Crippen LogP contribution in [0.25, 0.3) is 10.9 Å². The van der Waals surface area contributed by atoms with Gasteiger partial charge in [-0.2, -0.15) is 0 Å². The van der Waals surface area contributed by atoms with Crippen molar-refractivity contribution >= 4 is 22.5 Å². The molecule has 0 radical (unpaired) electrons. The highest BCUT2D eigenvalue weighted by Gasteiger charge is 2.23. The van der Waals surface area contributed by atoms with E-state index in [1.165, 1.54) is 5.56 Å². The van der Waals surface area contributed by atoms with E-state index in [-0.39, 0.29) is 6.04 Å². The Morgan fingerprint density at radius 2 is 1.96 bits per heavy atom. The average Bonchev–Trinajstić information content (AvgIpc) is 3.01. The highest BCUT2D eigenvalue weighted by Crippen LogP contribution is 2.32. The third kappa shape index (κ3) is 2.68. The maximum atomic E-state index is 6.26. The molecule has 0 bridgehead atoms. The summed E-state index contributed by atoms with van der Waals surface area (Å²) in [6.45, 7) is 0. The van der Waals surface area contributed by atoms with E-state index < -0.39 is 0 Å². The second kappa shape index (κ2) is 6.10. The van der Waals surface area contributed by atoms with Gasteiger partial charge in [0.2, 0.25) is 6.33 Å². The zero-order valence-electron chi connectivity index (χ0n) is 13.3. The van der Waals surface area contributed by atoms with E-state index in [2.05, 4.69) is 46.3 Å². The van der Waals surface area contributed by atoms with Gasteiger partial charge in [0.1, 0.15) is 12.4 Å². The van der Waals surface area contributed by atoms with Crippen LogP contribution in [0.15, 0.2) is 79.5 Å². The molecule has 4 heteroatoms. The molecule has 0 saturated carbocycles. The average molecular weight is 335 g/mol. The number of para-hydroxylation sites is 1. The molecule has 2 aromatic heterocycles. The van der Waals surface area contributed by atoms with Gasteiger partial charge in [-0.05, 0) is 24.3 Å². The third-order valence-corrected chi connectivity index (χ3v) is 4.46. The van der Waals surface area contributed by atoms with Crippen LogP contribution in [0, 0.1) is 0 Å². The minimum Gasteiger partial charge on any atom is -0.256 e. The number of halogens is 1. The second-order valence-corrected chi connectivity index (χ2v) is 6.34. The lowest BCUT2D eigenvalue weighted by Gasteiger charge is -2.17. The first-order valence-corrected chi connectivity index (χ1v) is 8.22. The molecule has 3 nitrogen and oxygen atoms in total. The van der Waals surface area contributed by atoms with Crippen LogP contribution in [0.4, 0.5) is 0 Å². The first-order valence-electron chi connectivity index (χ1n) is 7.84. The first-order chi connectivity index (χ1) is 11.7. The molecule has 0 N–H and O–H groups in total. The summed E-state index contributed by atoms with van der Waals surface area (Å²) in [6, 6.07) is 18.4. The van der Waals surface area contributed by atoms with Crippen molar-refractivity contribution < 1.29 is 4.57 Å². The van der Waals surface area contributed by atoms with Crippen molar-refractivity contribution in [3.8, 4) is 0 Å². The Morgan fingerprint density at radius 1 is 1.08 bits per heavy atom. The topological polar surface area (TPSA) is 21.7 Å². The van der Waals surface area contributed by atoms with Crippen LogP contribution in [-0.4, -0.2) is 9.55 Å². The Morgan fingerprint density at radius 3 is 2.75 bits per heavy atom. The van der Waals surface area contributed by atoms with Crippen molar-refractivity contribution in [1.82, 2.24) is 9.55 Å². The van der Waals surface area contributed by atoms with Crippen molar-refractivity contribution in [3.05, 3.63) is 95.7 Å². The van der Waals surface area contributed by atoms with Crippen molar-refractivity contribution in [2.75, 3.05) is 0 Å². The van der Waals surface area contributed by atoms with Crippen LogP contribution in [-0.2, 0) is 7.05 Å². The molecule has 0 aliphatic rings. The smallest absolute Gasteiger partial charge is 0.244 e. The Hall–Kier alpha value is -2.65. The zero-order valence-corrected chi connectivity index (χ0v) is 14.1. The van der Waals surface area contributed by atoms with Gasteiger partial charge >= 0.3 is 0 Å². The van der Waals surface area contributed by atoms with Gasteiger partial charge < -0.3 is 0 Å². The van der Waals surface area contributed by atoms with E-state index in [1.807, 2.05) is 54.3 Å². The summed E-state index contributed by atoms with van der Waals surface area (Å²) in [5, 5.41) is 1.90. The summed E-state index contributed by atoms with van der Waals surface area (Å²) in [7, 11) is 2.02. The van der Waals surface area contributed by atoms with E-state index >= 15 is 0 Å². The number of aryl methyl sites for hydroxylation is 1. The van der Waals surface area contributed by atoms with Gasteiger partial charge in [-0.15, -0.1) is 0 Å². The number of nitrogens with zero attached hydrogens (tertiary/aromatic N) is 3. The van der Waals surface area contributed by atoms with Crippen LogP contribution in [0.3, 0.4) is 0 Å². The van der Waals surface area contributed by atoms with Crippen LogP contribution in [0.2, 0.25) is 5.02 Å². The lowest BCUT2D eigenvalue weighted by atomic mass is 9.95. The van der Waals surface area contributed by atoms with Crippen molar-refractivity contribution in [2.24, 2.45) is 7.05 Å². The van der Waals surface area contributed by atoms with Crippen molar-refractivity contribution in [1.29, 1.82) is 0 Å². The Bertz CT molecular complexity index is 1000. The Balaban J connectivity index is 1.98. The summed E-state index contributed by atoms with van der Waals surface area (Å²) in [5.74, 6) is 0. The summed E-state index contributed by atoms with van der Waals surface area (Å²) in [6.07, 6.45) is 8.08. The minimum atomic E-state index is 0.0396. The van der Waals surface area contributed by atoms with Crippen LogP contribution < -0.4 is 4.57 Å². The monoisotopic (exact) mass is 334 g/mol. The number of imidazole rings is 1. The molecule has 118 valence electrons. The molecule has 24 heavy (non-hydrogen) atoms. The maximum absolute atomic E-state index is 6.26. The molecular weight excluding hydrogens is 318 g/mol. The molecule has 1 unspecified atom stereocenters. The lowest BCUT2D eigenvalue weighted by molar-refractivity contribution is -0.671. The van der Waals surface area contributed by atoms with Gasteiger partial charge in [0.25, 0.3) is 0 Å². The fourth-order valence-corrected chi connectivity index (χ4v) is 3.37. The number of hydrogen-bond donors (Lipinski definition) is 0. The van der Waals surface area contributed by atoms with E-state index in [0.29, 0.717) is 0 Å². The largest absolute Gasteiger partial charge is 0.256 e. The molecule has 4 rings (SSSR count). The molecule has 0 fully saturated rings. The van der Waals surface area contributed by atoms with Gasteiger partial charge in [0, 0.05) is 27.7 Å². The molecule has 0 spiro atoms. The number of pyridine rings is 1. The molecule has 0 aliphatic heterocycles. The summed E-state index contributed by atoms with van der Waals surface area (Å²) in [5.41, 5.74) is 3.35. The molecule has 0 saturated heterocycles. The van der Waals surface area contributed by atoms with Gasteiger partial charge in [-0.25, -0.2) is 9.13 Å². The number of aromatic nitrogens is 3. The number of benzene rings is 2. The number of rotatable bonds is 3. The second-order valence-electron chi connectivity index (χ2n) is 5.90. The van der Waals surface area contributed by atoms with Crippen LogP contribution in [0.5, 0.6) is 0 Å². The standard InChI is InChI=1S/C20H17ClN3/c1-23-11-12-24(14-23)20(15-5-4-6-16(21)13-15)18-9-10-22-19-8-3-2-7-17(18)19/h2-14,20H,1H3/q+1. The quantitative estimate of drug-likeness (QED) is 0.516. The Kier molecular flexibility index (Phi) is 3.79. The molecule has 0 amide bonds. The normalized spacial score (nSPS) is 12.4. The fraction of sp³-hybridized carbons (Fsp3) is 0.100. The van der Waals surface area contributed by atoms with Crippen molar-refractivity contribution in [3.63, 3.8) is 0 Å². The predicted octanol–water partition coefficient (Wildman–Crippen LogP) is 4.15. The Labute approximate surface area is 145 Å². The van der Waals surface area contributed by atoms with Crippen LogP contribution in [0.1, 0.15) is 17.2 Å². The van der Waals surface area contributed by atoms with Gasteiger partial charge in [0.15, 0.2) is 6.04 Å². The highest BCUT2D eigenvalue weighted by atomic mass is 35.5. The molecular formula is C20H17ClN3+.